The lowest BCUT2D eigenvalue weighted by Gasteiger charge is -2.28. The Morgan fingerprint density at radius 1 is 1.06 bits per heavy atom. The number of hydrogen-bond donors (Lipinski definition) is 0. The molecular formula is C23H30F3N3O3. The monoisotopic (exact) mass is 453 g/mol. The Balaban J connectivity index is 2.18. The van der Waals surface area contributed by atoms with Crippen molar-refractivity contribution in [2.45, 2.75) is 32.5 Å². The van der Waals surface area contributed by atoms with E-state index in [4.69, 9.17) is 4.74 Å². The second kappa shape index (κ2) is 11.7. The van der Waals surface area contributed by atoms with Crippen LogP contribution >= 0.6 is 0 Å². The number of ether oxygens (including phenoxy) is 1. The van der Waals surface area contributed by atoms with Crippen LogP contribution in [0, 0.1) is 0 Å². The van der Waals surface area contributed by atoms with Gasteiger partial charge in [0.05, 0.1) is 18.7 Å². The van der Waals surface area contributed by atoms with E-state index in [9.17, 15) is 22.8 Å². The van der Waals surface area contributed by atoms with E-state index in [1.54, 1.807) is 4.90 Å². The molecule has 1 heterocycles. The van der Waals surface area contributed by atoms with Gasteiger partial charge in [-0.05, 0) is 42.8 Å². The lowest BCUT2D eigenvalue weighted by atomic mass is 10.1. The zero-order valence-electron chi connectivity index (χ0n) is 18.7. The largest absolute Gasteiger partial charge is 0.416 e. The minimum Gasteiger partial charge on any atom is -0.383 e. The zero-order valence-corrected chi connectivity index (χ0v) is 18.7. The number of nitrogens with zero attached hydrogens (tertiary/aromatic N) is 3. The molecular weight excluding hydrogens is 423 g/mol. The Bertz CT molecular complexity index is 879. The molecule has 0 fully saturated rings. The standard InChI is InChI=1S/C23H30F3N3O3/c1-4-5-13-28(16-20-7-6-12-27(20)2)21(30)17-29(14-15-32-3)22(31)18-8-10-19(11-9-18)23(24,25)26/h6-12H,4-5,13-17H2,1-3H3. The van der Waals surface area contributed by atoms with Crippen LogP contribution in [0.3, 0.4) is 0 Å². The van der Waals surface area contributed by atoms with E-state index in [1.165, 1.54) is 12.0 Å². The second-order valence-corrected chi connectivity index (χ2v) is 7.57. The van der Waals surface area contributed by atoms with E-state index < -0.39 is 17.6 Å². The summed E-state index contributed by atoms with van der Waals surface area (Å²) in [5.41, 5.74) is 0.221. The molecule has 176 valence electrons. The first kappa shape index (κ1) is 25.5. The number of amides is 2. The molecule has 2 aromatic rings. The molecule has 0 saturated heterocycles. The highest BCUT2D eigenvalue weighted by atomic mass is 19.4. The Labute approximate surface area is 186 Å². The summed E-state index contributed by atoms with van der Waals surface area (Å²) < 4.78 is 45.5. The molecule has 0 unspecified atom stereocenters. The lowest BCUT2D eigenvalue weighted by Crippen LogP contribution is -2.44. The number of aryl methyl sites for hydroxylation is 1. The van der Waals surface area contributed by atoms with Crippen LogP contribution in [-0.4, -0.2) is 59.5 Å². The Morgan fingerprint density at radius 2 is 1.75 bits per heavy atom. The number of rotatable bonds is 11. The van der Waals surface area contributed by atoms with E-state index in [2.05, 4.69) is 0 Å². The first-order valence-electron chi connectivity index (χ1n) is 10.5. The topological polar surface area (TPSA) is 54.8 Å². The predicted octanol–water partition coefficient (Wildman–Crippen LogP) is 3.96. The summed E-state index contributed by atoms with van der Waals surface area (Å²) in [4.78, 5) is 29.1. The summed E-state index contributed by atoms with van der Waals surface area (Å²) in [6.07, 6.45) is -0.850. The molecule has 0 bridgehead atoms. The van der Waals surface area contributed by atoms with Crippen molar-refractivity contribution in [2.75, 3.05) is 33.4 Å². The number of methoxy groups -OCH3 is 1. The molecule has 2 amide bonds. The summed E-state index contributed by atoms with van der Waals surface area (Å²) in [6.45, 7) is 3.16. The molecule has 0 saturated carbocycles. The molecule has 0 radical (unpaired) electrons. The van der Waals surface area contributed by atoms with Crippen LogP contribution in [0.15, 0.2) is 42.6 Å². The number of benzene rings is 1. The van der Waals surface area contributed by atoms with Crippen molar-refractivity contribution in [3.05, 3.63) is 59.4 Å². The van der Waals surface area contributed by atoms with Crippen molar-refractivity contribution in [3.63, 3.8) is 0 Å². The fourth-order valence-corrected chi connectivity index (χ4v) is 3.20. The van der Waals surface area contributed by atoms with Crippen LogP contribution in [0.25, 0.3) is 0 Å². The Kier molecular flexibility index (Phi) is 9.31. The van der Waals surface area contributed by atoms with Gasteiger partial charge in [0.1, 0.15) is 6.54 Å². The molecule has 0 N–H and O–H groups in total. The number of carbonyl (C=O) groups excluding carboxylic acids is 2. The summed E-state index contributed by atoms with van der Waals surface area (Å²) >= 11 is 0. The summed E-state index contributed by atoms with van der Waals surface area (Å²) in [5.74, 6) is -0.741. The minimum absolute atomic E-state index is 0.0874. The average molecular weight is 454 g/mol. The van der Waals surface area contributed by atoms with Crippen LogP contribution in [0.4, 0.5) is 13.2 Å². The van der Waals surface area contributed by atoms with Crippen LogP contribution in [0.5, 0.6) is 0 Å². The molecule has 1 aromatic carbocycles. The molecule has 6 nitrogen and oxygen atoms in total. The van der Waals surface area contributed by atoms with Crippen LogP contribution in [-0.2, 0) is 29.3 Å². The molecule has 0 atom stereocenters. The summed E-state index contributed by atoms with van der Waals surface area (Å²) in [6, 6.07) is 7.83. The maximum absolute atomic E-state index is 13.1. The van der Waals surface area contributed by atoms with Gasteiger partial charge in [0.25, 0.3) is 5.91 Å². The Morgan fingerprint density at radius 3 is 2.28 bits per heavy atom. The third-order valence-corrected chi connectivity index (χ3v) is 5.18. The quantitative estimate of drug-likeness (QED) is 0.518. The van der Waals surface area contributed by atoms with Crippen molar-refractivity contribution >= 4 is 11.8 Å². The lowest BCUT2D eigenvalue weighted by molar-refractivity contribution is -0.137. The summed E-state index contributed by atoms with van der Waals surface area (Å²) in [7, 11) is 3.38. The smallest absolute Gasteiger partial charge is 0.383 e. The van der Waals surface area contributed by atoms with E-state index in [0.29, 0.717) is 13.1 Å². The van der Waals surface area contributed by atoms with Gasteiger partial charge < -0.3 is 19.1 Å². The van der Waals surface area contributed by atoms with Crippen LogP contribution in [0.2, 0.25) is 0 Å². The highest BCUT2D eigenvalue weighted by molar-refractivity contribution is 5.96. The maximum atomic E-state index is 13.1. The molecule has 0 aliphatic carbocycles. The third kappa shape index (κ3) is 7.12. The summed E-state index contributed by atoms with van der Waals surface area (Å²) in [5, 5.41) is 0. The number of halogens is 3. The van der Waals surface area contributed by atoms with Gasteiger partial charge >= 0.3 is 6.18 Å². The van der Waals surface area contributed by atoms with Gasteiger partial charge in [-0.25, -0.2) is 0 Å². The highest BCUT2D eigenvalue weighted by Crippen LogP contribution is 2.29. The minimum atomic E-state index is -4.48. The fraction of sp³-hybridized carbons (Fsp3) is 0.478. The van der Waals surface area contributed by atoms with E-state index >= 15 is 0 Å². The number of hydrogen-bond acceptors (Lipinski definition) is 3. The van der Waals surface area contributed by atoms with Crippen molar-refractivity contribution in [2.24, 2.45) is 7.05 Å². The van der Waals surface area contributed by atoms with E-state index in [-0.39, 0.29) is 31.2 Å². The maximum Gasteiger partial charge on any atom is 0.416 e. The zero-order chi connectivity index (χ0) is 23.7. The van der Waals surface area contributed by atoms with Crippen LogP contribution < -0.4 is 0 Å². The molecule has 32 heavy (non-hydrogen) atoms. The fourth-order valence-electron chi connectivity index (χ4n) is 3.20. The van der Waals surface area contributed by atoms with Gasteiger partial charge in [0.2, 0.25) is 5.91 Å². The van der Waals surface area contributed by atoms with Crippen molar-refractivity contribution in [1.29, 1.82) is 0 Å². The van der Waals surface area contributed by atoms with Crippen molar-refractivity contribution in [3.8, 4) is 0 Å². The Hall–Kier alpha value is -2.81. The molecule has 9 heteroatoms. The van der Waals surface area contributed by atoms with E-state index in [1.807, 2.05) is 36.9 Å². The highest BCUT2D eigenvalue weighted by Gasteiger charge is 2.30. The van der Waals surface area contributed by atoms with Gasteiger partial charge in [-0.3, -0.25) is 9.59 Å². The first-order chi connectivity index (χ1) is 15.2. The third-order valence-electron chi connectivity index (χ3n) is 5.18. The number of aromatic nitrogens is 1. The molecule has 0 aliphatic rings. The van der Waals surface area contributed by atoms with Gasteiger partial charge in [-0.2, -0.15) is 13.2 Å². The molecule has 0 aliphatic heterocycles. The molecule has 1 aromatic heterocycles. The second-order valence-electron chi connectivity index (χ2n) is 7.57. The normalized spacial score (nSPS) is 11.4. The van der Waals surface area contributed by atoms with Crippen LogP contribution in [0.1, 0.15) is 41.4 Å². The molecule has 0 spiro atoms. The predicted molar refractivity (Wildman–Crippen MR) is 115 cm³/mol. The first-order valence-corrected chi connectivity index (χ1v) is 10.5. The van der Waals surface area contributed by atoms with Crippen molar-refractivity contribution < 1.29 is 27.5 Å². The average Bonchev–Trinajstić information content (AvgIpc) is 3.17. The number of alkyl halides is 3. The van der Waals surface area contributed by atoms with Gasteiger partial charge in [-0.1, -0.05) is 13.3 Å². The molecule has 2 rings (SSSR count). The van der Waals surface area contributed by atoms with E-state index in [0.717, 1.165) is 42.8 Å². The van der Waals surface area contributed by atoms with Gasteiger partial charge in [0.15, 0.2) is 0 Å². The van der Waals surface area contributed by atoms with Crippen molar-refractivity contribution in [1.82, 2.24) is 14.4 Å². The van der Waals surface area contributed by atoms with Gasteiger partial charge in [-0.15, -0.1) is 0 Å². The number of carbonyl (C=O) groups is 2. The number of unbranched alkanes of at least 4 members (excludes halogenated alkanes) is 1. The van der Waals surface area contributed by atoms with Gasteiger partial charge in [0, 0.05) is 44.7 Å². The SMILES string of the molecule is CCCCN(Cc1cccn1C)C(=O)CN(CCOC)C(=O)c1ccc(C(F)(F)F)cc1.